The molecule has 0 bridgehead atoms. The maximum atomic E-state index is 15.2. The van der Waals surface area contributed by atoms with Crippen LogP contribution in [0.3, 0.4) is 0 Å². The van der Waals surface area contributed by atoms with Gasteiger partial charge in [-0.2, -0.15) is 0 Å². The average Bonchev–Trinajstić information content (AvgIpc) is 3.13. The first-order valence-corrected chi connectivity index (χ1v) is 13.8. The lowest BCUT2D eigenvalue weighted by Gasteiger charge is -2.21. The number of fused-ring (bicyclic) bond motifs is 2. The smallest absolute Gasteiger partial charge is 0.254 e. The van der Waals surface area contributed by atoms with E-state index in [2.05, 4.69) is 15.3 Å². The molecule has 0 atom stereocenters. The maximum absolute atomic E-state index is 15.2. The number of nitrogens with one attached hydrogen (secondary N) is 2. The van der Waals surface area contributed by atoms with Crippen LogP contribution in [0.25, 0.3) is 22.2 Å². The normalized spacial score (nSPS) is 13.8. The summed E-state index contributed by atoms with van der Waals surface area (Å²) < 4.78 is 59.4. The Morgan fingerprint density at radius 2 is 1.95 bits per heavy atom. The van der Waals surface area contributed by atoms with Gasteiger partial charge >= 0.3 is 0 Å². The molecular formula is C27H26F2N4O4S. The molecule has 0 aliphatic carbocycles. The topological polar surface area (TPSA) is 104 Å². The van der Waals surface area contributed by atoms with Gasteiger partial charge in [-0.05, 0) is 67.1 Å². The molecule has 1 aliphatic rings. The third-order valence-electron chi connectivity index (χ3n) is 6.57. The minimum absolute atomic E-state index is 0.0342. The number of benzene rings is 3. The summed E-state index contributed by atoms with van der Waals surface area (Å²) in [6.45, 7) is 2.17. The van der Waals surface area contributed by atoms with Gasteiger partial charge in [0.05, 0.1) is 24.1 Å². The number of halogens is 2. The molecule has 3 aromatic carbocycles. The van der Waals surface area contributed by atoms with E-state index in [1.54, 1.807) is 6.07 Å². The lowest BCUT2D eigenvalue weighted by Crippen LogP contribution is -2.33. The van der Waals surface area contributed by atoms with Crippen LogP contribution in [0.4, 0.5) is 8.78 Å². The second kappa shape index (κ2) is 9.80. The Bertz CT molecular complexity index is 1680. The van der Waals surface area contributed by atoms with Crippen LogP contribution < -0.4 is 10.1 Å². The number of ether oxygens (including phenoxy) is 1. The van der Waals surface area contributed by atoms with Crippen LogP contribution in [-0.2, 0) is 22.9 Å². The molecule has 5 rings (SSSR count). The fourth-order valence-electron chi connectivity index (χ4n) is 4.65. The van der Waals surface area contributed by atoms with Crippen LogP contribution in [0.2, 0.25) is 0 Å². The Balaban J connectivity index is 1.48. The number of aromatic nitrogens is 2. The molecule has 1 aliphatic heterocycles. The number of hydrogen-bond donors (Lipinski definition) is 2. The van der Waals surface area contributed by atoms with Gasteiger partial charge in [-0.1, -0.05) is 6.07 Å². The minimum Gasteiger partial charge on any atom is -0.488 e. The lowest BCUT2D eigenvalue weighted by molar-refractivity contribution is 0.0731. The molecule has 38 heavy (non-hydrogen) atoms. The number of carbonyl (C=O) groups excluding carboxylic acids is 1. The summed E-state index contributed by atoms with van der Waals surface area (Å²) in [7, 11) is -1.96. The van der Waals surface area contributed by atoms with E-state index >= 15 is 4.39 Å². The van der Waals surface area contributed by atoms with Crippen molar-refractivity contribution in [3.05, 3.63) is 76.6 Å². The van der Waals surface area contributed by atoms with Crippen LogP contribution in [0.1, 0.15) is 27.3 Å². The minimum atomic E-state index is -3.79. The molecule has 8 nitrogen and oxygen atoms in total. The molecule has 0 radical (unpaired) electrons. The van der Waals surface area contributed by atoms with E-state index in [4.69, 9.17) is 4.74 Å². The summed E-state index contributed by atoms with van der Waals surface area (Å²) in [6, 6.07) is 11.2. The second-order valence-corrected chi connectivity index (χ2v) is 11.3. The van der Waals surface area contributed by atoms with Gasteiger partial charge in [-0.3, -0.25) is 4.79 Å². The van der Waals surface area contributed by atoms with Crippen LogP contribution in [-0.4, -0.2) is 55.6 Å². The van der Waals surface area contributed by atoms with Gasteiger partial charge in [0, 0.05) is 23.9 Å². The van der Waals surface area contributed by atoms with E-state index in [-0.39, 0.29) is 36.6 Å². The molecule has 1 amide bonds. The number of imidazole rings is 1. The fourth-order valence-corrected chi connectivity index (χ4v) is 5.45. The Morgan fingerprint density at radius 3 is 2.68 bits per heavy atom. The number of nitrogens with zero attached hydrogens (tertiary/aromatic N) is 2. The fraction of sp³-hybridized carbons (Fsp3) is 0.259. The van der Waals surface area contributed by atoms with E-state index in [0.717, 1.165) is 34.7 Å². The molecule has 198 valence electrons. The maximum Gasteiger partial charge on any atom is 0.254 e. The number of rotatable bonds is 5. The largest absolute Gasteiger partial charge is 0.488 e. The number of amides is 1. The molecule has 0 fully saturated rings. The lowest BCUT2D eigenvalue weighted by atomic mass is 10.0. The van der Waals surface area contributed by atoms with Crippen LogP contribution in [0.15, 0.2) is 47.4 Å². The van der Waals surface area contributed by atoms with E-state index in [1.807, 2.05) is 25.2 Å². The summed E-state index contributed by atoms with van der Waals surface area (Å²) in [5, 5.41) is 3.04. The van der Waals surface area contributed by atoms with Crippen molar-refractivity contribution in [3.8, 4) is 16.9 Å². The Labute approximate surface area is 218 Å². The molecule has 2 heterocycles. The van der Waals surface area contributed by atoms with Gasteiger partial charge < -0.3 is 19.9 Å². The Kier molecular flexibility index (Phi) is 6.66. The highest BCUT2D eigenvalue weighted by Crippen LogP contribution is 2.34. The van der Waals surface area contributed by atoms with Crippen molar-refractivity contribution in [2.45, 2.75) is 24.9 Å². The molecule has 1 aromatic heterocycles. The Hall–Kier alpha value is -3.83. The molecular weight excluding hydrogens is 514 g/mol. The predicted molar refractivity (Wildman–Crippen MR) is 139 cm³/mol. The Morgan fingerprint density at radius 1 is 1.16 bits per heavy atom. The number of H-pyrrole nitrogens is 1. The number of carbonyl (C=O) groups is 1. The van der Waals surface area contributed by atoms with E-state index in [0.29, 0.717) is 17.7 Å². The quantitative estimate of drug-likeness (QED) is 0.397. The van der Waals surface area contributed by atoms with Crippen molar-refractivity contribution in [3.63, 3.8) is 0 Å². The van der Waals surface area contributed by atoms with Crippen LogP contribution >= 0.6 is 0 Å². The highest BCUT2D eigenvalue weighted by atomic mass is 32.2. The summed E-state index contributed by atoms with van der Waals surface area (Å²) in [6.07, 6.45) is 0.910. The summed E-state index contributed by atoms with van der Waals surface area (Å²) >= 11 is 0. The van der Waals surface area contributed by atoms with Crippen LogP contribution in [0, 0.1) is 18.6 Å². The molecule has 0 saturated carbocycles. The summed E-state index contributed by atoms with van der Waals surface area (Å²) in [5.41, 5.74) is 3.41. The van der Waals surface area contributed by atoms with Crippen molar-refractivity contribution in [1.29, 1.82) is 0 Å². The van der Waals surface area contributed by atoms with Gasteiger partial charge in [0.2, 0.25) is 0 Å². The van der Waals surface area contributed by atoms with Crippen molar-refractivity contribution < 1.29 is 26.7 Å². The summed E-state index contributed by atoms with van der Waals surface area (Å²) in [5.74, 6) is -1.15. The first kappa shape index (κ1) is 25.8. The van der Waals surface area contributed by atoms with E-state index < -0.39 is 32.3 Å². The van der Waals surface area contributed by atoms with Gasteiger partial charge in [-0.25, -0.2) is 22.2 Å². The molecule has 4 aromatic rings. The zero-order chi connectivity index (χ0) is 27.2. The number of aromatic amines is 1. The van der Waals surface area contributed by atoms with E-state index in [9.17, 15) is 17.6 Å². The molecule has 0 saturated heterocycles. The first-order chi connectivity index (χ1) is 18.1. The average molecular weight is 541 g/mol. The SMILES string of the molecule is CNCc1nc2ccc(-c3cc(F)c4c(c3)CN(C(=O)c3ccc(S(C)(=O)=O)c(F)c3C)CCO4)cc2[nH]1. The third-order valence-corrected chi connectivity index (χ3v) is 7.68. The zero-order valence-electron chi connectivity index (χ0n) is 21.1. The highest BCUT2D eigenvalue weighted by Gasteiger charge is 2.27. The monoisotopic (exact) mass is 540 g/mol. The number of sulfone groups is 1. The van der Waals surface area contributed by atoms with Crippen molar-refractivity contribution in [2.24, 2.45) is 0 Å². The predicted octanol–water partition coefficient (Wildman–Crippen LogP) is 3.97. The van der Waals surface area contributed by atoms with Gasteiger partial charge in [-0.15, -0.1) is 0 Å². The third kappa shape index (κ3) is 4.74. The first-order valence-electron chi connectivity index (χ1n) is 11.9. The van der Waals surface area contributed by atoms with Crippen molar-refractivity contribution in [2.75, 3.05) is 26.5 Å². The molecule has 0 unspecified atom stereocenters. The standard InChI is InChI=1S/C27H26F2N4O4S/c1-15-19(5-7-23(25(15)29)38(3,35)36)27(34)33-8-9-37-26-18(14-33)10-17(11-20(26)28)16-4-6-21-22(12-16)32-24(31-21)13-30-2/h4-7,10-12,30H,8-9,13-14H2,1-3H3,(H,31,32). The highest BCUT2D eigenvalue weighted by molar-refractivity contribution is 7.90. The van der Waals surface area contributed by atoms with Gasteiger partial charge in [0.1, 0.15) is 23.1 Å². The van der Waals surface area contributed by atoms with Crippen LogP contribution in [0.5, 0.6) is 5.75 Å². The van der Waals surface area contributed by atoms with Gasteiger partial charge in [0.15, 0.2) is 21.4 Å². The van der Waals surface area contributed by atoms with E-state index in [1.165, 1.54) is 24.0 Å². The molecule has 2 N–H and O–H groups in total. The summed E-state index contributed by atoms with van der Waals surface area (Å²) in [4.78, 5) is 22.1. The zero-order valence-corrected chi connectivity index (χ0v) is 21.9. The molecule has 11 heteroatoms. The van der Waals surface area contributed by atoms with Gasteiger partial charge in [0.25, 0.3) is 5.91 Å². The molecule has 0 spiro atoms. The second-order valence-electron chi connectivity index (χ2n) is 9.29. The van der Waals surface area contributed by atoms with Crippen molar-refractivity contribution in [1.82, 2.24) is 20.2 Å². The number of hydrogen-bond acceptors (Lipinski definition) is 6. The van der Waals surface area contributed by atoms with Crippen molar-refractivity contribution >= 4 is 26.8 Å².